The van der Waals surface area contributed by atoms with Crippen molar-refractivity contribution in [2.24, 2.45) is 0 Å². The summed E-state index contributed by atoms with van der Waals surface area (Å²) in [7, 11) is 1.54. The summed E-state index contributed by atoms with van der Waals surface area (Å²) in [5.41, 5.74) is 1.29. The van der Waals surface area contributed by atoms with Crippen LogP contribution >= 0.6 is 0 Å². The normalized spacial score (nSPS) is 9.85. The van der Waals surface area contributed by atoms with E-state index in [9.17, 15) is 0 Å². The first-order chi connectivity index (χ1) is 6.17. The van der Waals surface area contributed by atoms with Crippen molar-refractivity contribution in [1.29, 1.82) is 0 Å². The molecule has 0 aliphatic rings. The molecule has 0 aliphatic carbocycles. The van der Waals surface area contributed by atoms with Gasteiger partial charge >= 0.3 is 0 Å². The van der Waals surface area contributed by atoms with Gasteiger partial charge in [-0.1, -0.05) is 6.92 Å². The molecule has 4 nitrogen and oxygen atoms in total. The number of ether oxygens (including phenoxy) is 1. The van der Waals surface area contributed by atoms with Crippen molar-refractivity contribution in [2.75, 3.05) is 12.3 Å². The zero-order valence-corrected chi connectivity index (χ0v) is 7.69. The van der Waals surface area contributed by atoms with Gasteiger partial charge in [0.25, 0.3) is 0 Å². The van der Waals surface area contributed by atoms with Gasteiger partial charge in [-0.05, 0) is 24.1 Å². The summed E-state index contributed by atoms with van der Waals surface area (Å²) in [6, 6.07) is 5.08. The summed E-state index contributed by atoms with van der Waals surface area (Å²) in [6.07, 6.45) is 0.817. The molecular formula is C9H13NO3. The Morgan fingerprint density at radius 1 is 1.31 bits per heavy atom. The molecule has 0 spiro atoms. The third-order valence-corrected chi connectivity index (χ3v) is 1.83. The molecule has 0 bridgehead atoms. The molecule has 0 saturated carbocycles. The summed E-state index contributed by atoms with van der Waals surface area (Å²) in [4.78, 5) is 0. The molecular weight excluding hydrogens is 170 g/mol. The number of hydrogen-bond acceptors (Lipinski definition) is 4. The van der Waals surface area contributed by atoms with E-state index in [1.807, 2.05) is 13.0 Å². The summed E-state index contributed by atoms with van der Waals surface area (Å²) >= 11 is 0. The number of nitrogens with zero attached hydrogens (tertiary/aromatic N) is 1. The first kappa shape index (κ1) is 9.83. The first-order valence-electron chi connectivity index (χ1n) is 4.03. The van der Waals surface area contributed by atoms with Gasteiger partial charge < -0.3 is 4.74 Å². The highest BCUT2D eigenvalue weighted by Crippen LogP contribution is 2.22. The molecule has 4 heteroatoms. The molecule has 72 valence electrons. The lowest BCUT2D eigenvalue weighted by Crippen LogP contribution is -2.11. The predicted molar refractivity (Wildman–Crippen MR) is 48.4 cm³/mol. The molecule has 0 radical (unpaired) electrons. The maximum atomic E-state index is 8.80. The van der Waals surface area contributed by atoms with Crippen molar-refractivity contribution in [3.8, 4) is 5.75 Å². The molecule has 1 aromatic carbocycles. The van der Waals surface area contributed by atoms with Gasteiger partial charge in [0.15, 0.2) is 0 Å². The number of aryl methyl sites for hydroxylation is 1. The fraction of sp³-hybridized carbons (Fsp3) is 0.333. The minimum absolute atomic E-state index is 0.0850. The topological polar surface area (TPSA) is 52.9 Å². The third-order valence-electron chi connectivity index (χ3n) is 1.83. The van der Waals surface area contributed by atoms with Gasteiger partial charge in [0.05, 0.1) is 12.8 Å². The molecule has 0 atom stereocenters. The smallest absolute Gasteiger partial charge is 0.121 e. The maximum absolute atomic E-state index is 8.80. The highest BCUT2D eigenvalue weighted by molar-refractivity contribution is 5.49. The molecule has 0 heterocycles. The average Bonchev–Trinajstić information content (AvgIpc) is 2.16. The fourth-order valence-corrected chi connectivity index (χ4v) is 1.08. The Labute approximate surface area is 76.9 Å². The van der Waals surface area contributed by atoms with Crippen molar-refractivity contribution in [3.63, 3.8) is 0 Å². The second kappa shape index (κ2) is 4.11. The van der Waals surface area contributed by atoms with Gasteiger partial charge in [-0.15, -0.1) is 5.23 Å². The Morgan fingerprint density at radius 2 is 2.00 bits per heavy atom. The van der Waals surface area contributed by atoms with Crippen LogP contribution in [0.15, 0.2) is 18.2 Å². The second-order valence-electron chi connectivity index (χ2n) is 2.68. The number of benzene rings is 1. The summed E-state index contributed by atoms with van der Waals surface area (Å²) in [6.45, 7) is 1.98. The fourth-order valence-electron chi connectivity index (χ4n) is 1.08. The summed E-state index contributed by atoms with van der Waals surface area (Å²) in [5, 5.41) is 17.7. The van der Waals surface area contributed by atoms with E-state index in [0.717, 1.165) is 12.0 Å². The van der Waals surface area contributed by atoms with Crippen LogP contribution in [-0.4, -0.2) is 17.5 Å². The van der Waals surface area contributed by atoms with E-state index < -0.39 is 0 Å². The van der Waals surface area contributed by atoms with E-state index in [1.54, 1.807) is 12.1 Å². The molecule has 13 heavy (non-hydrogen) atoms. The molecule has 0 aromatic heterocycles. The standard InChI is InChI=1S/C9H13NO3/c1-3-7-4-8(10(11)12)6-9(5-7)13-2/h4-6,11-12H,3H2,1-2H3. The monoisotopic (exact) mass is 183 g/mol. The highest BCUT2D eigenvalue weighted by Gasteiger charge is 2.03. The number of hydrogen-bond donors (Lipinski definition) is 2. The molecule has 1 aromatic rings. The van der Waals surface area contributed by atoms with Gasteiger partial charge in [0.2, 0.25) is 0 Å². The molecule has 0 amide bonds. The molecule has 0 fully saturated rings. The quantitative estimate of drug-likeness (QED) is 0.702. The van der Waals surface area contributed by atoms with E-state index in [2.05, 4.69) is 0 Å². The Kier molecular flexibility index (Phi) is 3.11. The maximum Gasteiger partial charge on any atom is 0.121 e. The van der Waals surface area contributed by atoms with E-state index >= 15 is 0 Å². The van der Waals surface area contributed by atoms with Crippen molar-refractivity contribution in [2.45, 2.75) is 13.3 Å². The van der Waals surface area contributed by atoms with Gasteiger partial charge in [-0.25, -0.2) is 0 Å². The van der Waals surface area contributed by atoms with Crippen molar-refractivity contribution in [1.82, 2.24) is 0 Å². The first-order valence-corrected chi connectivity index (χ1v) is 4.03. The van der Waals surface area contributed by atoms with Crippen LogP contribution < -0.4 is 9.96 Å². The predicted octanol–water partition coefficient (Wildman–Crippen LogP) is 1.84. The van der Waals surface area contributed by atoms with E-state index in [0.29, 0.717) is 11.4 Å². The lowest BCUT2D eigenvalue weighted by Gasteiger charge is -2.11. The van der Waals surface area contributed by atoms with Gasteiger partial charge in [-0.3, -0.25) is 10.4 Å². The number of anilines is 1. The Balaban J connectivity index is 3.07. The van der Waals surface area contributed by atoms with Gasteiger partial charge in [0.1, 0.15) is 5.75 Å². The van der Waals surface area contributed by atoms with Gasteiger partial charge in [0, 0.05) is 6.07 Å². The number of methoxy groups -OCH3 is 1. The van der Waals surface area contributed by atoms with Crippen LogP contribution in [-0.2, 0) is 6.42 Å². The Hall–Kier alpha value is -1.26. The van der Waals surface area contributed by atoms with E-state index in [-0.39, 0.29) is 5.23 Å². The van der Waals surface area contributed by atoms with Crippen molar-refractivity contribution in [3.05, 3.63) is 23.8 Å². The van der Waals surface area contributed by atoms with Crippen LogP contribution in [0.25, 0.3) is 0 Å². The van der Waals surface area contributed by atoms with Crippen molar-refractivity contribution < 1.29 is 15.2 Å². The minimum atomic E-state index is 0.0850. The van der Waals surface area contributed by atoms with E-state index in [1.165, 1.54) is 7.11 Å². The van der Waals surface area contributed by atoms with Crippen molar-refractivity contribution >= 4 is 5.69 Å². The van der Waals surface area contributed by atoms with Crippen LogP contribution in [0.2, 0.25) is 0 Å². The highest BCUT2D eigenvalue weighted by atomic mass is 16.8. The minimum Gasteiger partial charge on any atom is -0.497 e. The van der Waals surface area contributed by atoms with E-state index in [4.69, 9.17) is 15.2 Å². The SMILES string of the molecule is CCc1cc(OC)cc(N(O)O)c1. The summed E-state index contributed by atoms with van der Waals surface area (Å²) in [5.74, 6) is 0.613. The molecule has 0 saturated heterocycles. The van der Waals surface area contributed by atoms with Crippen LogP contribution in [0.3, 0.4) is 0 Å². The zero-order valence-electron chi connectivity index (χ0n) is 7.69. The zero-order chi connectivity index (χ0) is 9.84. The molecule has 2 N–H and O–H groups in total. The van der Waals surface area contributed by atoms with Gasteiger partial charge in [-0.2, -0.15) is 0 Å². The van der Waals surface area contributed by atoms with Crippen LogP contribution in [0.5, 0.6) is 5.75 Å². The third kappa shape index (κ3) is 2.34. The number of rotatable bonds is 3. The second-order valence-corrected chi connectivity index (χ2v) is 2.68. The van der Waals surface area contributed by atoms with Crippen LogP contribution in [0.1, 0.15) is 12.5 Å². The lowest BCUT2D eigenvalue weighted by atomic mass is 10.1. The summed E-state index contributed by atoms with van der Waals surface area (Å²) < 4.78 is 5.00. The Bertz CT molecular complexity index is 264. The molecule has 0 aliphatic heterocycles. The Morgan fingerprint density at radius 3 is 2.46 bits per heavy atom. The lowest BCUT2D eigenvalue weighted by molar-refractivity contribution is 0.0290. The molecule has 0 unspecified atom stereocenters. The largest absolute Gasteiger partial charge is 0.497 e. The average molecular weight is 183 g/mol. The molecule has 1 rings (SSSR count). The van der Waals surface area contributed by atoms with Crippen LogP contribution in [0.4, 0.5) is 5.69 Å². The van der Waals surface area contributed by atoms with Crippen LogP contribution in [0, 0.1) is 0 Å².